The summed E-state index contributed by atoms with van der Waals surface area (Å²) in [6.45, 7) is 0.321. The number of imide groups is 1. The molecule has 0 atom stereocenters. The minimum absolute atomic E-state index is 0.126. The fraction of sp³-hybridized carbons (Fsp3) is 0.118. The lowest BCUT2D eigenvalue weighted by Gasteiger charge is -2.12. The highest BCUT2D eigenvalue weighted by molar-refractivity contribution is 9.11. The van der Waals surface area contributed by atoms with Crippen LogP contribution in [-0.2, 0) is 4.79 Å². The van der Waals surface area contributed by atoms with Crippen molar-refractivity contribution in [1.29, 1.82) is 0 Å². The summed E-state index contributed by atoms with van der Waals surface area (Å²) < 4.78 is 0.862. The van der Waals surface area contributed by atoms with Crippen molar-refractivity contribution < 1.29 is 14.4 Å². The van der Waals surface area contributed by atoms with E-state index >= 15 is 0 Å². The third kappa shape index (κ3) is 4.56. The Morgan fingerprint density at radius 3 is 2.58 bits per heavy atom. The smallest absolute Gasteiger partial charge is 0.293 e. The summed E-state index contributed by atoms with van der Waals surface area (Å²) in [5.74, 6) is -0.590. The molecule has 2 heterocycles. The van der Waals surface area contributed by atoms with Gasteiger partial charge in [0.05, 0.1) is 13.6 Å². The highest BCUT2D eigenvalue weighted by Gasteiger charge is 2.34. The molecule has 3 rings (SSSR count). The van der Waals surface area contributed by atoms with Gasteiger partial charge in [-0.2, -0.15) is 0 Å². The molecular weight excluding hydrogens is 460 g/mol. The quantitative estimate of drug-likeness (QED) is 0.646. The van der Waals surface area contributed by atoms with Crippen molar-refractivity contribution in [3.05, 3.63) is 60.6 Å². The predicted octanol–water partition coefficient (Wildman–Crippen LogP) is 4.63. The summed E-state index contributed by atoms with van der Waals surface area (Å²) in [5.41, 5.74) is 0.788. The molecular formula is C17H12BrClN2O3S2. The van der Waals surface area contributed by atoms with Gasteiger partial charge >= 0.3 is 0 Å². The van der Waals surface area contributed by atoms with E-state index in [9.17, 15) is 14.4 Å². The molecule has 5 nitrogen and oxygen atoms in total. The second kappa shape index (κ2) is 8.39. The van der Waals surface area contributed by atoms with Gasteiger partial charge in [-0.1, -0.05) is 23.7 Å². The Bertz CT molecular complexity index is 896. The fourth-order valence-corrected chi connectivity index (χ4v) is 4.50. The van der Waals surface area contributed by atoms with Crippen LogP contribution in [0.4, 0.5) is 4.79 Å². The third-order valence-corrected chi connectivity index (χ3v) is 6.24. The summed E-state index contributed by atoms with van der Waals surface area (Å²) in [4.78, 5) is 38.5. The van der Waals surface area contributed by atoms with Gasteiger partial charge in [0.1, 0.15) is 0 Å². The first-order valence-corrected chi connectivity index (χ1v) is 10.3. The fourth-order valence-electron chi connectivity index (χ4n) is 2.21. The first-order valence-electron chi connectivity index (χ1n) is 7.48. The maximum Gasteiger partial charge on any atom is 0.293 e. The Hall–Kier alpha value is -1.61. The highest BCUT2D eigenvalue weighted by Crippen LogP contribution is 2.32. The average molecular weight is 472 g/mol. The van der Waals surface area contributed by atoms with Crippen LogP contribution in [0.1, 0.15) is 15.2 Å². The van der Waals surface area contributed by atoms with Crippen molar-refractivity contribution in [1.82, 2.24) is 10.2 Å². The number of nitrogens with zero attached hydrogens (tertiary/aromatic N) is 1. The zero-order valence-corrected chi connectivity index (χ0v) is 17.2. The van der Waals surface area contributed by atoms with Crippen LogP contribution in [0.2, 0.25) is 5.02 Å². The van der Waals surface area contributed by atoms with Gasteiger partial charge in [-0.15, -0.1) is 11.3 Å². The summed E-state index contributed by atoms with van der Waals surface area (Å²) in [5, 5.41) is 2.97. The number of thioether (sulfide) groups is 1. The van der Waals surface area contributed by atoms with E-state index in [2.05, 4.69) is 21.2 Å². The summed E-state index contributed by atoms with van der Waals surface area (Å²) >= 11 is 11.3. The molecule has 2 aromatic rings. The number of amides is 3. The van der Waals surface area contributed by atoms with Gasteiger partial charge in [0.25, 0.3) is 17.1 Å². The standard InChI is InChI=1S/C17H12BrClN2O3S2/c18-14-6-5-12(25-14)15(22)20-7-8-21-16(23)13(26-17(21)24)9-10-1-3-11(19)4-2-10/h1-6,9H,7-8H2,(H,20,22)/b13-9+. The first-order chi connectivity index (χ1) is 12.4. The van der Waals surface area contributed by atoms with Crippen LogP contribution in [0.15, 0.2) is 45.1 Å². The molecule has 134 valence electrons. The van der Waals surface area contributed by atoms with Gasteiger partial charge in [-0.05, 0) is 63.6 Å². The Morgan fingerprint density at radius 2 is 1.92 bits per heavy atom. The third-order valence-electron chi connectivity index (χ3n) is 3.46. The van der Waals surface area contributed by atoms with Crippen LogP contribution in [0.3, 0.4) is 0 Å². The Labute approximate surface area is 171 Å². The number of carbonyl (C=O) groups is 3. The molecule has 9 heteroatoms. The van der Waals surface area contributed by atoms with Crippen molar-refractivity contribution in [2.75, 3.05) is 13.1 Å². The van der Waals surface area contributed by atoms with Gasteiger partial charge in [-0.3, -0.25) is 19.3 Å². The molecule has 1 aromatic carbocycles. The van der Waals surface area contributed by atoms with E-state index in [1.165, 1.54) is 11.3 Å². The molecule has 3 amide bonds. The number of benzene rings is 1. The second-order valence-corrected chi connectivity index (χ2v) is 9.14. The molecule has 0 bridgehead atoms. The van der Waals surface area contributed by atoms with Gasteiger partial charge in [0, 0.05) is 18.1 Å². The highest BCUT2D eigenvalue weighted by atomic mass is 79.9. The molecule has 1 aliphatic heterocycles. The maximum atomic E-state index is 12.4. The van der Waals surface area contributed by atoms with Gasteiger partial charge in [-0.25, -0.2) is 0 Å². The molecule has 0 unspecified atom stereocenters. The number of hydrogen-bond donors (Lipinski definition) is 1. The second-order valence-electron chi connectivity index (χ2n) is 5.24. The Morgan fingerprint density at radius 1 is 1.19 bits per heavy atom. The summed E-state index contributed by atoms with van der Waals surface area (Å²) in [7, 11) is 0. The molecule has 0 radical (unpaired) electrons. The van der Waals surface area contributed by atoms with E-state index in [1.807, 2.05) is 0 Å². The van der Waals surface area contributed by atoms with Crippen LogP contribution < -0.4 is 5.32 Å². The molecule has 1 aromatic heterocycles. The van der Waals surface area contributed by atoms with E-state index in [1.54, 1.807) is 42.5 Å². The van der Waals surface area contributed by atoms with Crippen molar-refractivity contribution in [2.24, 2.45) is 0 Å². The lowest BCUT2D eigenvalue weighted by Crippen LogP contribution is -2.37. The molecule has 1 N–H and O–H groups in total. The molecule has 1 saturated heterocycles. The predicted molar refractivity (Wildman–Crippen MR) is 108 cm³/mol. The van der Waals surface area contributed by atoms with Crippen molar-refractivity contribution in [3.8, 4) is 0 Å². The number of nitrogens with one attached hydrogen (secondary N) is 1. The Balaban J connectivity index is 1.58. The largest absolute Gasteiger partial charge is 0.350 e. The lowest BCUT2D eigenvalue weighted by atomic mass is 10.2. The van der Waals surface area contributed by atoms with Crippen LogP contribution in [0, 0.1) is 0 Å². The molecule has 0 spiro atoms. The Kier molecular flexibility index (Phi) is 6.18. The van der Waals surface area contributed by atoms with Crippen LogP contribution in [0.25, 0.3) is 6.08 Å². The average Bonchev–Trinajstić information content (AvgIpc) is 3.15. The van der Waals surface area contributed by atoms with Crippen molar-refractivity contribution in [2.45, 2.75) is 0 Å². The number of thiophene rings is 1. The zero-order chi connectivity index (χ0) is 18.7. The van der Waals surface area contributed by atoms with Crippen LogP contribution in [-0.4, -0.2) is 35.0 Å². The molecule has 0 saturated carbocycles. The van der Waals surface area contributed by atoms with Crippen molar-refractivity contribution >= 4 is 73.8 Å². The number of rotatable bonds is 5. The summed E-state index contributed by atoms with van der Waals surface area (Å²) in [6.07, 6.45) is 1.66. The molecule has 1 aliphatic rings. The number of carbonyl (C=O) groups excluding carboxylic acids is 3. The van der Waals surface area contributed by atoms with E-state index in [0.717, 1.165) is 26.0 Å². The van der Waals surface area contributed by atoms with E-state index in [4.69, 9.17) is 11.6 Å². The summed E-state index contributed by atoms with van der Waals surface area (Å²) in [6, 6.07) is 10.5. The molecule has 26 heavy (non-hydrogen) atoms. The topological polar surface area (TPSA) is 66.5 Å². The minimum Gasteiger partial charge on any atom is -0.350 e. The molecule has 1 fully saturated rings. The number of halogens is 2. The monoisotopic (exact) mass is 470 g/mol. The van der Waals surface area contributed by atoms with Crippen LogP contribution in [0.5, 0.6) is 0 Å². The SMILES string of the molecule is O=C(NCCN1C(=O)S/C(=C/c2ccc(Cl)cc2)C1=O)c1ccc(Br)s1. The zero-order valence-electron chi connectivity index (χ0n) is 13.2. The van der Waals surface area contributed by atoms with E-state index < -0.39 is 0 Å². The maximum absolute atomic E-state index is 12.4. The van der Waals surface area contributed by atoms with Gasteiger partial charge in [0.15, 0.2) is 0 Å². The van der Waals surface area contributed by atoms with Crippen molar-refractivity contribution in [3.63, 3.8) is 0 Å². The lowest BCUT2D eigenvalue weighted by molar-refractivity contribution is -0.122. The molecule has 0 aliphatic carbocycles. The van der Waals surface area contributed by atoms with Gasteiger partial charge in [0.2, 0.25) is 0 Å². The number of hydrogen-bond acceptors (Lipinski definition) is 5. The van der Waals surface area contributed by atoms with Gasteiger partial charge < -0.3 is 5.32 Å². The van der Waals surface area contributed by atoms with E-state index in [0.29, 0.717) is 14.8 Å². The van der Waals surface area contributed by atoms with E-state index in [-0.39, 0.29) is 30.1 Å². The minimum atomic E-state index is -0.358. The van der Waals surface area contributed by atoms with Crippen LogP contribution >= 0.6 is 50.6 Å². The normalized spacial score (nSPS) is 15.8. The first kappa shape index (κ1) is 19.2.